The molecule has 0 aromatic rings. The zero-order valence-electron chi connectivity index (χ0n) is 9.60. The molecule has 0 heterocycles. The summed E-state index contributed by atoms with van der Waals surface area (Å²) in [7, 11) is 0. The first kappa shape index (κ1) is 15.8. The van der Waals surface area contributed by atoms with Gasteiger partial charge in [-0.05, 0) is 12.8 Å². The first-order valence-electron chi connectivity index (χ1n) is 5.78. The van der Waals surface area contributed by atoms with Crippen molar-refractivity contribution in [1.29, 1.82) is 0 Å². The smallest absolute Gasteiger partial charge is 0.0853 e. The third-order valence-corrected chi connectivity index (χ3v) is 2.31. The molecule has 0 aromatic carbocycles. The first-order valence-corrected chi connectivity index (χ1v) is 5.78. The van der Waals surface area contributed by atoms with Crippen molar-refractivity contribution >= 4 is 0 Å². The van der Waals surface area contributed by atoms with Crippen molar-refractivity contribution in [3.8, 4) is 0 Å². The Morgan fingerprint density at radius 1 is 0.500 bits per heavy atom. The second kappa shape index (κ2) is 14.8. The van der Waals surface area contributed by atoms with E-state index in [2.05, 4.69) is 19.9 Å². The molecule has 16 heavy (non-hydrogen) atoms. The zero-order valence-corrected chi connectivity index (χ0v) is 9.60. The highest BCUT2D eigenvalue weighted by atomic mass is 17.5. The molecule has 6 nitrogen and oxygen atoms in total. The van der Waals surface area contributed by atoms with Crippen LogP contribution in [-0.4, -0.2) is 23.7 Å². The summed E-state index contributed by atoms with van der Waals surface area (Å²) < 4.78 is 0. The summed E-state index contributed by atoms with van der Waals surface area (Å²) in [6, 6.07) is 0. The highest BCUT2D eigenvalue weighted by Crippen LogP contribution is 2.08. The molecule has 0 aliphatic rings. The van der Waals surface area contributed by atoms with Crippen LogP contribution in [0.15, 0.2) is 0 Å². The van der Waals surface area contributed by atoms with Crippen molar-refractivity contribution < 1.29 is 30.4 Å². The number of hydrogen-bond acceptors (Lipinski definition) is 6. The van der Waals surface area contributed by atoms with E-state index in [-0.39, 0.29) is 0 Å². The molecule has 0 rings (SSSR count). The van der Waals surface area contributed by atoms with Crippen molar-refractivity contribution in [3.63, 3.8) is 0 Å². The van der Waals surface area contributed by atoms with E-state index in [1.54, 1.807) is 0 Å². The van der Waals surface area contributed by atoms with Crippen molar-refractivity contribution in [1.82, 2.24) is 0 Å². The number of unbranched alkanes of at least 4 members (excludes halogenated alkanes) is 7. The van der Waals surface area contributed by atoms with Crippen LogP contribution < -0.4 is 0 Å². The largest absolute Gasteiger partial charge is 0.221 e. The van der Waals surface area contributed by atoms with Crippen molar-refractivity contribution in [3.05, 3.63) is 0 Å². The minimum absolute atomic E-state index is 0.439. The maximum atomic E-state index is 7.87. The first-order chi connectivity index (χ1) is 7.91. The predicted molar refractivity (Wildman–Crippen MR) is 56.3 cm³/mol. The van der Waals surface area contributed by atoms with Gasteiger partial charge < -0.3 is 0 Å². The Balaban J connectivity index is 2.83. The van der Waals surface area contributed by atoms with Gasteiger partial charge in [0.2, 0.25) is 0 Å². The lowest BCUT2D eigenvalue weighted by atomic mass is 10.1. The summed E-state index contributed by atoms with van der Waals surface area (Å²) in [6.07, 6.45) is 8.74. The molecule has 6 heteroatoms. The van der Waals surface area contributed by atoms with Crippen molar-refractivity contribution in [2.45, 2.75) is 51.4 Å². The number of hydrogen-bond donors (Lipinski definition) is 2. The molecule has 0 unspecified atom stereocenters. The van der Waals surface area contributed by atoms with Crippen LogP contribution in [0.3, 0.4) is 0 Å². The fourth-order valence-electron chi connectivity index (χ4n) is 1.46. The van der Waals surface area contributed by atoms with Crippen LogP contribution in [0, 0.1) is 0 Å². The van der Waals surface area contributed by atoms with Crippen LogP contribution in [0.25, 0.3) is 0 Å². The third kappa shape index (κ3) is 13.8. The lowest BCUT2D eigenvalue weighted by Gasteiger charge is -2.01. The van der Waals surface area contributed by atoms with E-state index >= 15 is 0 Å². The average molecular weight is 238 g/mol. The van der Waals surface area contributed by atoms with Gasteiger partial charge in [0.1, 0.15) is 0 Å². The Morgan fingerprint density at radius 2 is 0.812 bits per heavy atom. The summed E-state index contributed by atoms with van der Waals surface area (Å²) in [5, 5.41) is 22.7. The van der Waals surface area contributed by atoms with E-state index < -0.39 is 0 Å². The normalized spacial score (nSPS) is 10.9. The summed E-state index contributed by atoms with van der Waals surface area (Å²) in [5.74, 6) is 0. The molecule has 0 spiro atoms. The lowest BCUT2D eigenvalue weighted by molar-refractivity contribution is -0.490. The van der Waals surface area contributed by atoms with Gasteiger partial charge in [0.05, 0.1) is 13.2 Å². The lowest BCUT2D eigenvalue weighted by Crippen LogP contribution is -1.93. The number of rotatable bonds is 13. The van der Waals surface area contributed by atoms with E-state index in [4.69, 9.17) is 10.5 Å². The van der Waals surface area contributed by atoms with Gasteiger partial charge in [0, 0.05) is 0 Å². The Labute approximate surface area is 95.8 Å². The molecule has 0 saturated carbocycles. The fraction of sp³-hybridized carbons (Fsp3) is 1.00. The van der Waals surface area contributed by atoms with E-state index in [9.17, 15) is 0 Å². The molecule has 0 saturated heterocycles. The van der Waals surface area contributed by atoms with Crippen molar-refractivity contribution in [2.24, 2.45) is 0 Å². The van der Waals surface area contributed by atoms with Gasteiger partial charge in [-0.15, -0.1) is 0 Å². The summed E-state index contributed by atoms with van der Waals surface area (Å²) in [5.41, 5.74) is 0. The molecule has 0 amide bonds. The van der Waals surface area contributed by atoms with Crippen LogP contribution in [0.1, 0.15) is 51.4 Å². The van der Waals surface area contributed by atoms with Gasteiger partial charge in [0.25, 0.3) is 0 Å². The summed E-state index contributed by atoms with van der Waals surface area (Å²) in [4.78, 5) is 8.65. The van der Waals surface area contributed by atoms with Crippen LogP contribution in [0.2, 0.25) is 0 Å². The Kier molecular flexibility index (Phi) is 14.5. The molecule has 0 atom stereocenters. The Morgan fingerprint density at radius 3 is 1.12 bits per heavy atom. The molecular weight excluding hydrogens is 216 g/mol. The zero-order chi connectivity index (χ0) is 11.9. The van der Waals surface area contributed by atoms with Gasteiger partial charge >= 0.3 is 0 Å². The van der Waals surface area contributed by atoms with Gasteiger partial charge in [-0.1, -0.05) is 48.6 Å². The van der Waals surface area contributed by atoms with Gasteiger partial charge in [-0.25, -0.2) is 20.3 Å². The minimum Gasteiger partial charge on any atom is -0.221 e. The standard InChI is InChI=1S/C10H22O6/c11-15-13-9-7-5-3-1-2-4-6-8-10-14-16-12/h11-12H,1-10H2. The van der Waals surface area contributed by atoms with Crippen molar-refractivity contribution in [2.75, 3.05) is 13.2 Å². The van der Waals surface area contributed by atoms with Crippen LogP contribution in [0.4, 0.5) is 0 Å². The van der Waals surface area contributed by atoms with E-state index in [1.165, 1.54) is 25.7 Å². The van der Waals surface area contributed by atoms with Crippen LogP contribution in [-0.2, 0) is 19.9 Å². The third-order valence-electron chi connectivity index (χ3n) is 2.31. The highest BCUT2D eigenvalue weighted by Gasteiger charge is 1.93. The molecule has 0 radical (unpaired) electrons. The van der Waals surface area contributed by atoms with Gasteiger partial charge in [0.15, 0.2) is 0 Å². The Hall–Kier alpha value is -0.240. The minimum atomic E-state index is 0.439. The van der Waals surface area contributed by atoms with E-state index in [0.29, 0.717) is 13.2 Å². The maximum Gasteiger partial charge on any atom is 0.0853 e. The second-order valence-corrected chi connectivity index (χ2v) is 3.62. The molecule has 98 valence electrons. The van der Waals surface area contributed by atoms with Crippen LogP contribution in [0.5, 0.6) is 0 Å². The van der Waals surface area contributed by atoms with E-state index in [1.807, 2.05) is 0 Å². The fourth-order valence-corrected chi connectivity index (χ4v) is 1.46. The molecule has 0 aromatic heterocycles. The highest BCUT2D eigenvalue weighted by molar-refractivity contribution is 4.46. The monoisotopic (exact) mass is 238 g/mol. The molecule has 0 fully saturated rings. The topological polar surface area (TPSA) is 77.4 Å². The molecule has 0 bridgehead atoms. The SMILES string of the molecule is OOOCCCCCCCCCCOOO. The quantitative estimate of drug-likeness (QED) is 0.292. The second-order valence-electron chi connectivity index (χ2n) is 3.62. The van der Waals surface area contributed by atoms with Gasteiger partial charge in [-0.3, -0.25) is 0 Å². The predicted octanol–water partition coefficient (Wildman–Crippen LogP) is 2.95. The molecular formula is C10H22O6. The van der Waals surface area contributed by atoms with Crippen LogP contribution >= 0.6 is 0 Å². The molecule has 0 aliphatic heterocycles. The van der Waals surface area contributed by atoms with Gasteiger partial charge in [-0.2, -0.15) is 0 Å². The average Bonchev–Trinajstić information content (AvgIpc) is 2.31. The summed E-state index contributed by atoms with van der Waals surface area (Å²) in [6.45, 7) is 0.879. The summed E-state index contributed by atoms with van der Waals surface area (Å²) >= 11 is 0. The van der Waals surface area contributed by atoms with E-state index in [0.717, 1.165) is 25.7 Å². The Bertz CT molecular complexity index is 108. The molecule has 0 aliphatic carbocycles. The molecule has 2 N–H and O–H groups in total. The maximum absolute atomic E-state index is 7.87.